The summed E-state index contributed by atoms with van der Waals surface area (Å²) in [7, 11) is 2.04. The van der Waals surface area contributed by atoms with Crippen molar-refractivity contribution in [2.45, 2.75) is 51.1 Å². The quantitative estimate of drug-likeness (QED) is 0.889. The maximum atomic E-state index is 5.25. The minimum absolute atomic E-state index is 0.114. The van der Waals surface area contributed by atoms with Crippen LogP contribution in [0.1, 0.15) is 51.1 Å². The van der Waals surface area contributed by atoms with Crippen LogP contribution >= 0.6 is 0 Å². The Labute approximate surface area is 111 Å². The lowest BCUT2D eigenvalue weighted by Crippen LogP contribution is -2.52. The van der Waals surface area contributed by atoms with Crippen LogP contribution in [0.2, 0.25) is 0 Å². The highest BCUT2D eigenvalue weighted by molar-refractivity contribution is 5.17. The molecule has 3 nitrogen and oxygen atoms in total. The van der Waals surface area contributed by atoms with Crippen molar-refractivity contribution in [2.75, 3.05) is 20.1 Å². The second-order valence-electron chi connectivity index (χ2n) is 5.83. The molecule has 1 aliphatic heterocycles. The number of likely N-dealkylation sites (N-methyl/N-ethyl adjacent to an activating group) is 1. The maximum absolute atomic E-state index is 5.25. The molecule has 0 aromatic carbocycles. The van der Waals surface area contributed by atoms with E-state index in [9.17, 15) is 0 Å². The van der Waals surface area contributed by atoms with Gasteiger partial charge in [0.25, 0.3) is 0 Å². The van der Waals surface area contributed by atoms with Gasteiger partial charge in [0.1, 0.15) is 0 Å². The Morgan fingerprint density at radius 3 is 2.39 bits per heavy atom. The first-order valence-corrected chi connectivity index (χ1v) is 7.10. The number of rotatable bonds is 4. The molecule has 1 aromatic rings. The normalized spacial score (nSPS) is 20.6. The van der Waals surface area contributed by atoms with Crippen LogP contribution in [0.5, 0.6) is 0 Å². The van der Waals surface area contributed by atoms with Crippen molar-refractivity contribution in [2.24, 2.45) is 0 Å². The van der Waals surface area contributed by atoms with E-state index < -0.39 is 0 Å². The molecule has 1 aliphatic rings. The molecule has 18 heavy (non-hydrogen) atoms. The van der Waals surface area contributed by atoms with Crippen LogP contribution in [-0.2, 0) is 0 Å². The Kier molecular flexibility index (Phi) is 4.46. The molecule has 0 amide bonds. The highest BCUT2D eigenvalue weighted by Gasteiger charge is 2.36. The molecule has 1 fully saturated rings. The number of hydrogen-bond acceptors (Lipinski definition) is 3. The standard InChI is InChI=1S/C15H26N2O/c1-15(2,17-9-6-4-5-7-10-17)14(16-3)13-8-11-18-12-13/h8,11-12,14,16H,4-7,9-10H2,1-3H3. The smallest absolute Gasteiger partial charge is 0.0951 e. The summed E-state index contributed by atoms with van der Waals surface area (Å²) < 4.78 is 5.25. The van der Waals surface area contributed by atoms with Gasteiger partial charge in [-0.3, -0.25) is 4.90 Å². The largest absolute Gasteiger partial charge is 0.472 e. The van der Waals surface area contributed by atoms with Crippen LogP contribution in [-0.4, -0.2) is 30.6 Å². The van der Waals surface area contributed by atoms with Gasteiger partial charge >= 0.3 is 0 Å². The number of likely N-dealkylation sites (tertiary alicyclic amines) is 1. The average molecular weight is 250 g/mol. The first kappa shape index (κ1) is 13.6. The zero-order valence-electron chi connectivity index (χ0n) is 11.9. The maximum Gasteiger partial charge on any atom is 0.0951 e. The number of nitrogens with one attached hydrogen (secondary N) is 1. The summed E-state index contributed by atoms with van der Waals surface area (Å²) in [6.07, 6.45) is 9.03. The van der Waals surface area contributed by atoms with Crippen molar-refractivity contribution in [3.8, 4) is 0 Å². The van der Waals surface area contributed by atoms with E-state index in [-0.39, 0.29) is 5.54 Å². The summed E-state index contributed by atoms with van der Waals surface area (Å²) in [5, 5.41) is 3.46. The van der Waals surface area contributed by atoms with E-state index >= 15 is 0 Å². The summed E-state index contributed by atoms with van der Waals surface area (Å²) >= 11 is 0. The Bertz CT molecular complexity index is 337. The van der Waals surface area contributed by atoms with E-state index in [0.29, 0.717) is 6.04 Å². The molecule has 1 saturated heterocycles. The summed E-state index contributed by atoms with van der Waals surface area (Å²) in [6, 6.07) is 2.38. The summed E-state index contributed by atoms with van der Waals surface area (Å²) in [5.41, 5.74) is 1.36. The van der Waals surface area contributed by atoms with Crippen LogP contribution < -0.4 is 5.32 Å². The molecule has 102 valence electrons. The van der Waals surface area contributed by atoms with Crippen LogP contribution in [0.25, 0.3) is 0 Å². The molecule has 1 N–H and O–H groups in total. The topological polar surface area (TPSA) is 28.4 Å². The SMILES string of the molecule is CNC(c1ccoc1)C(C)(C)N1CCCCCC1. The third-order valence-electron chi connectivity index (χ3n) is 4.29. The molecule has 3 heteroatoms. The predicted molar refractivity (Wildman–Crippen MR) is 74.6 cm³/mol. The van der Waals surface area contributed by atoms with Gasteiger partial charge in [-0.2, -0.15) is 0 Å². The highest BCUT2D eigenvalue weighted by Crippen LogP contribution is 2.32. The first-order chi connectivity index (χ1) is 8.66. The average Bonchev–Trinajstić information content (AvgIpc) is 2.70. The van der Waals surface area contributed by atoms with Crippen LogP contribution in [0, 0.1) is 0 Å². The van der Waals surface area contributed by atoms with Gasteiger partial charge in [0.05, 0.1) is 18.6 Å². The molecular weight excluding hydrogens is 224 g/mol. The Hall–Kier alpha value is -0.800. The Balaban J connectivity index is 2.16. The van der Waals surface area contributed by atoms with E-state index in [2.05, 4.69) is 30.1 Å². The second-order valence-corrected chi connectivity index (χ2v) is 5.83. The predicted octanol–water partition coefficient (Wildman–Crippen LogP) is 3.19. The molecule has 0 saturated carbocycles. The van der Waals surface area contributed by atoms with E-state index in [4.69, 9.17) is 4.42 Å². The number of nitrogens with zero attached hydrogens (tertiary/aromatic N) is 1. The fourth-order valence-corrected chi connectivity index (χ4v) is 3.20. The van der Waals surface area contributed by atoms with Gasteiger partial charge in [0, 0.05) is 11.1 Å². The van der Waals surface area contributed by atoms with Crippen LogP contribution in [0.4, 0.5) is 0 Å². The molecule has 1 atom stereocenters. The monoisotopic (exact) mass is 250 g/mol. The fourth-order valence-electron chi connectivity index (χ4n) is 3.20. The zero-order valence-corrected chi connectivity index (χ0v) is 11.9. The van der Waals surface area contributed by atoms with Gasteiger partial charge in [-0.05, 0) is 52.9 Å². The Morgan fingerprint density at radius 1 is 1.22 bits per heavy atom. The molecule has 0 aliphatic carbocycles. The molecule has 2 heterocycles. The van der Waals surface area contributed by atoms with Gasteiger partial charge in [0.15, 0.2) is 0 Å². The van der Waals surface area contributed by atoms with Crippen molar-refractivity contribution in [3.63, 3.8) is 0 Å². The molecule has 0 radical (unpaired) electrons. The van der Waals surface area contributed by atoms with Gasteiger partial charge in [0.2, 0.25) is 0 Å². The highest BCUT2D eigenvalue weighted by atomic mass is 16.3. The molecule has 1 unspecified atom stereocenters. The lowest BCUT2D eigenvalue weighted by molar-refractivity contribution is 0.0862. The van der Waals surface area contributed by atoms with Crippen molar-refractivity contribution in [1.82, 2.24) is 10.2 Å². The molecular formula is C15H26N2O. The van der Waals surface area contributed by atoms with Crippen molar-refractivity contribution < 1.29 is 4.42 Å². The van der Waals surface area contributed by atoms with E-state index in [1.807, 2.05) is 13.3 Å². The molecule has 0 bridgehead atoms. The van der Waals surface area contributed by atoms with Crippen molar-refractivity contribution in [1.29, 1.82) is 0 Å². The summed E-state index contributed by atoms with van der Waals surface area (Å²) in [4.78, 5) is 2.63. The molecule has 1 aromatic heterocycles. The van der Waals surface area contributed by atoms with Crippen LogP contribution in [0.15, 0.2) is 23.0 Å². The van der Waals surface area contributed by atoms with Crippen molar-refractivity contribution in [3.05, 3.63) is 24.2 Å². The minimum atomic E-state index is 0.114. The summed E-state index contributed by atoms with van der Waals surface area (Å²) in [5.74, 6) is 0. The number of hydrogen-bond donors (Lipinski definition) is 1. The molecule has 0 spiro atoms. The zero-order chi connectivity index (χ0) is 13.0. The number of furan rings is 1. The van der Waals surface area contributed by atoms with E-state index in [1.165, 1.54) is 44.3 Å². The van der Waals surface area contributed by atoms with Gasteiger partial charge < -0.3 is 9.73 Å². The Morgan fingerprint density at radius 2 is 1.89 bits per heavy atom. The lowest BCUT2D eigenvalue weighted by atomic mass is 9.88. The van der Waals surface area contributed by atoms with E-state index in [0.717, 1.165) is 0 Å². The van der Waals surface area contributed by atoms with Gasteiger partial charge in [-0.1, -0.05) is 12.8 Å². The lowest BCUT2D eigenvalue weighted by Gasteiger charge is -2.43. The van der Waals surface area contributed by atoms with Crippen LogP contribution in [0.3, 0.4) is 0 Å². The summed E-state index contributed by atoms with van der Waals surface area (Å²) in [6.45, 7) is 7.10. The van der Waals surface area contributed by atoms with Crippen molar-refractivity contribution >= 4 is 0 Å². The first-order valence-electron chi connectivity index (χ1n) is 7.10. The third-order valence-corrected chi connectivity index (χ3v) is 4.29. The van der Waals surface area contributed by atoms with Gasteiger partial charge in [-0.15, -0.1) is 0 Å². The fraction of sp³-hybridized carbons (Fsp3) is 0.733. The molecule has 2 rings (SSSR count). The van der Waals surface area contributed by atoms with Gasteiger partial charge in [-0.25, -0.2) is 0 Å². The third kappa shape index (κ3) is 2.78. The minimum Gasteiger partial charge on any atom is -0.472 e. The second kappa shape index (κ2) is 5.89. The van der Waals surface area contributed by atoms with E-state index in [1.54, 1.807) is 6.26 Å².